The van der Waals surface area contributed by atoms with E-state index in [1.54, 1.807) is 24.3 Å². The highest BCUT2D eigenvalue weighted by atomic mass is 19.2. The lowest BCUT2D eigenvalue weighted by Gasteiger charge is -2.08. The SMILES string of the molecule is C#Cc1ccc(OCCCCc2cc(F)c(F)c(F)c2F)cc1. The number of halogens is 4. The largest absolute Gasteiger partial charge is 0.494 e. The Morgan fingerprint density at radius 3 is 2.26 bits per heavy atom. The second kappa shape index (κ2) is 7.68. The highest BCUT2D eigenvalue weighted by molar-refractivity contribution is 5.36. The predicted octanol–water partition coefficient (Wildman–Crippen LogP) is 4.63. The van der Waals surface area contributed by atoms with Crippen molar-refractivity contribution in [3.8, 4) is 18.1 Å². The van der Waals surface area contributed by atoms with Gasteiger partial charge < -0.3 is 4.74 Å². The fraction of sp³-hybridized carbons (Fsp3) is 0.222. The van der Waals surface area contributed by atoms with Gasteiger partial charge in [-0.1, -0.05) is 5.92 Å². The van der Waals surface area contributed by atoms with Crippen LogP contribution in [0.5, 0.6) is 5.75 Å². The quantitative estimate of drug-likeness (QED) is 0.248. The number of ether oxygens (including phenoxy) is 1. The van der Waals surface area contributed by atoms with Crippen LogP contribution in [0.15, 0.2) is 30.3 Å². The minimum Gasteiger partial charge on any atom is -0.494 e. The first-order valence-electron chi connectivity index (χ1n) is 7.04. The maximum atomic E-state index is 13.5. The molecule has 0 bridgehead atoms. The first-order chi connectivity index (χ1) is 11.0. The smallest absolute Gasteiger partial charge is 0.197 e. The third-order valence-corrected chi connectivity index (χ3v) is 3.31. The summed E-state index contributed by atoms with van der Waals surface area (Å²) in [7, 11) is 0. The van der Waals surface area contributed by atoms with Crippen molar-refractivity contribution in [2.45, 2.75) is 19.3 Å². The van der Waals surface area contributed by atoms with Gasteiger partial charge in [0.15, 0.2) is 23.3 Å². The van der Waals surface area contributed by atoms with Crippen LogP contribution in [-0.2, 0) is 6.42 Å². The van der Waals surface area contributed by atoms with Gasteiger partial charge in [-0.3, -0.25) is 0 Å². The lowest BCUT2D eigenvalue weighted by molar-refractivity contribution is 0.306. The van der Waals surface area contributed by atoms with E-state index in [9.17, 15) is 17.6 Å². The summed E-state index contributed by atoms with van der Waals surface area (Å²) in [6.07, 6.45) is 6.34. The molecule has 0 spiro atoms. The van der Waals surface area contributed by atoms with Gasteiger partial charge in [-0.2, -0.15) is 0 Å². The molecule has 0 radical (unpaired) electrons. The average molecular weight is 322 g/mol. The van der Waals surface area contributed by atoms with Gasteiger partial charge in [-0.15, -0.1) is 6.42 Å². The molecule has 0 aromatic heterocycles. The van der Waals surface area contributed by atoms with Gasteiger partial charge in [0, 0.05) is 5.56 Å². The summed E-state index contributed by atoms with van der Waals surface area (Å²) >= 11 is 0. The second-order valence-electron chi connectivity index (χ2n) is 4.93. The van der Waals surface area contributed by atoms with E-state index < -0.39 is 23.3 Å². The Hall–Kier alpha value is -2.48. The molecule has 0 saturated heterocycles. The van der Waals surface area contributed by atoms with E-state index in [4.69, 9.17) is 11.2 Å². The van der Waals surface area contributed by atoms with Crippen LogP contribution in [-0.4, -0.2) is 6.61 Å². The number of terminal acetylenes is 1. The molecule has 0 unspecified atom stereocenters. The monoisotopic (exact) mass is 322 g/mol. The topological polar surface area (TPSA) is 9.23 Å². The molecule has 23 heavy (non-hydrogen) atoms. The molecular formula is C18H14F4O. The summed E-state index contributed by atoms with van der Waals surface area (Å²) in [6, 6.07) is 7.65. The Morgan fingerprint density at radius 1 is 0.913 bits per heavy atom. The fourth-order valence-electron chi connectivity index (χ4n) is 2.06. The average Bonchev–Trinajstić information content (AvgIpc) is 2.57. The first-order valence-corrected chi connectivity index (χ1v) is 7.04. The number of aryl methyl sites for hydroxylation is 1. The molecule has 0 fully saturated rings. The van der Waals surface area contributed by atoms with Crippen molar-refractivity contribution in [2.75, 3.05) is 6.61 Å². The van der Waals surface area contributed by atoms with Crippen LogP contribution in [0.25, 0.3) is 0 Å². The highest BCUT2D eigenvalue weighted by Crippen LogP contribution is 2.20. The van der Waals surface area contributed by atoms with Crippen molar-refractivity contribution in [3.05, 3.63) is 64.7 Å². The Morgan fingerprint density at radius 2 is 1.61 bits per heavy atom. The predicted molar refractivity (Wildman–Crippen MR) is 79.1 cm³/mol. The molecule has 0 saturated carbocycles. The van der Waals surface area contributed by atoms with E-state index in [1.165, 1.54) is 0 Å². The number of hydrogen-bond donors (Lipinski definition) is 0. The van der Waals surface area contributed by atoms with Gasteiger partial charge in [-0.05, 0) is 55.2 Å². The van der Waals surface area contributed by atoms with Crippen LogP contribution in [0.1, 0.15) is 24.0 Å². The first kappa shape index (κ1) is 16.9. The van der Waals surface area contributed by atoms with E-state index >= 15 is 0 Å². The van der Waals surface area contributed by atoms with Gasteiger partial charge in [0.2, 0.25) is 0 Å². The molecule has 0 amide bonds. The molecule has 0 atom stereocenters. The van der Waals surface area contributed by atoms with Crippen LogP contribution in [0.4, 0.5) is 17.6 Å². The Labute approximate surface area is 131 Å². The summed E-state index contributed by atoms with van der Waals surface area (Å²) in [4.78, 5) is 0. The normalized spacial score (nSPS) is 10.4. The summed E-state index contributed by atoms with van der Waals surface area (Å²) in [5.41, 5.74) is 0.563. The van der Waals surface area contributed by atoms with Crippen LogP contribution < -0.4 is 4.74 Å². The number of hydrogen-bond acceptors (Lipinski definition) is 1. The standard InChI is InChI=1S/C18H14F4O/c1-2-12-6-8-14(9-7-12)23-10-4-3-5-13-11-15(19)17(21)18(22)16(13)20/h1,6-9,11H,3-5,10H2. The molecule has 1 nitrogen and oxygen atoms in total. The third-order valence-electron chi connectivity index (χ3n) is 3.31. The summed E-state index contributed by atoms with van der Waals surface area (Å²) in [6.45, 7) is 0.364. The van der Waals surface area contributed by atoms with Gasteiger partial charge in [0.05, 0.1) is 6.61 Å². The van der Waals surface area contributed by atoms with Gasteiger partial charge >= 0.3 is 0 Å². The van der Waals surface area contributed by atoms with Crippen LogP contribution >= 0.6 is 0 Å². The van der Waals surface area contributed by atoms with Gasteiger partial charge in [0.1, 0.15) is 5.75 Å². The Balaban J connectivity index is 1.81. The maximum absolute atomic E-state index is 13.5. The Bertz CT molecular complexity index is 717. The molecular weight excluding hydrogens is 308 g/mol. The fourth-order valence-corrected chi connectivity index (χ4v) is 2.06. The second-order valence-corrected chi connectivity index (χ2v) is 4.93. The van der Waals surface area contributed by atoms with Crippen LogP contribution in [0, 0.1) is 35.6 Å². The van der Waals surface area contributed by atoms with E-state index in [2.05, 4.69) is 5.92 Å². The summed E-state index contributed by atoms with van der Waals surface area (Å²) in [5.74, 6) is -3.15. The number of rotatable bonds is 6. The van der Waals surface area contributed by atoms with Crippen molar-refractivity contribution >= 4 is 0 Å². The third kappa shape index (κ3) is 4.26. The lowest BCUT2D eigenvalue weighted by atomic mass is 10.1. The van der Waals surface area contributed by atoms with Crippen LogP contribution in [0.2, 0.25) is 0 Å². The molecule has 0 aliphatic rings. The van der Waals surface area contributed by atoms with E-state index in [0.717, 1.165) is 5.56 Å². The van der Waals surface area contributed by atoms with E-state index in [1.807, 2.05) is 0 Å². The van der Waals surface area contributed by atoms with Gasteiger partial charge in [-0.25, -0.2) is 17.6 Å². The van der Waals surface area contributed by atoms with Crippen molar-refractivity contribution in [2.24, 2.45) is 0 Å². The molecule has 0 heterocycles. The number of benzene rings is 2. The highest BCUT2D eigenvalue weighted by Gasteiger charge is 2.18. The van der Waals surface area contributed by atoms with Gasteiger partial charge in [0.25, 0.3) is 0 Å². The lowest BCUT2D eigenvalue weighted by Crippen LogP contribution is -2.03. The maximum Gasteiger partial charge on any atom is 0.197 e. The van der Waals surface area contributed by atoms with Crippen LogP contribution in [0.3, 0.4) is 0 Å². The minimum absolute atomic E-state index is 0.0966. The summed E-state index contributed by atoms with van der Waals surface area (Å²) < 4.78 is 57.9. The van der Waals surface area contributed by atoms with Crippen molar-refractivity contribution in [3.63, 3.8) is 0 Å². The molecule has 2 aromatic rings. The van der Waals surface area contributed by atoms with Crippen molar-refractivity contribution < 1.29 is 22.3 Å². The van der Waals surface area contributed by atoms with Crippen molar-refractivity contribution in [1.82, 2.24) is 0 Å². The zero-order valence-corrected chi connectivity index (χ0v) is 12.2. The minimum atomic E-state index is -1.79. The zero-order chi connectivity index (χ0) is 16.8. The van der Waals surface area contributed by atoms with E-state index in [-0.39, 0.29) is 12.0 Å². The zero-order valence-electron chi connectivity index (χ0n) is 12.2. The van der Waals surface area contributed by atoms with Crippen molar-refractivity contribution in [1.29, 1.82) is 0 Å². The molecule has 120 valence electrons. The molecule has 2 rings (SSSR count). The molecule has 2 aromatic carbocycles. The molecule has 0 aliphatic carbocycles. The molecule has 0 aliphatic heterocycles. The Kier molecular flexibility index (Phi) is 5.64. The summed E-state index contributed by atoms with van der Waals surface area (Å²) in [5, 5.41) is 0. The van der Waals surface area contributed by atoms with E-state index in [0.29, 0.717) is 31.3 Å². The molecule has 0 N–H and O–H groups in total. The molecule has 5 heteroatoms. The number of unbranched alkanes of at least 4 members (excludes halogenated alkanes) is 1.